The van der Waals surface area contributed by atoms with Crippen molar-refractivity contribution in [1.82, 2.24) is 0 Å². The number of rotatable bonds is 4. The van der Waals surface area contributed by atoms with Gasteiger partial charge in [0, 0.05) is 16.1 Å². The van der Waals surface area contributed by atoms with Crippen molar-refractivity contribution < 1.29 is 9.66 Å². The first-order chi connectivity index (χ1) is 9.52. The average Bonchev–Trinajstić information content (AvgIpc) is 2.42. The molecule has 0 saturated carbocycles. The van der Waals surface area contributed by atoms with Crippen molar-refractivity contribution in [2.75, 3.05) is 0 Å². The first-order valence-corrected chi connectivity index (χ1v) is 7.12. The quantitative estimate of drug-likeness (QED) is 0.430. The number of halogens is 2. The summed E-state index contributed by atoms with van der Waals surface area (Å²) in [5.74, 6) is 1.01. The fourth-order valence-corrected chi connectivity index (χ4v) is 2.39. The summed E-state index contributed by atoms with van der Waals surface area (Å²) in [6, 6.07) is 10.2. The smallest absolute Gasteiger partial charge is 0.311 e. The summed E-state index contributed by atoms with van der Waals surface area (Å²) in [7, 11) is 0. The Morgan fingerprint density at radius 2 is 2.10 bits per heavy atom. The zero-order chi connectivity index (χ0) is 14.7. The van der Waals surface area contributed by atoms with Gasteiger partial charge in [0.2, 0.25) is 5.75 Å². The molecular weight excluding hydrogens is 346 g/mol. The Morgan fingerprint density at radius 1 is 1.35 bits per heavy atom. The zero-order valence-corrected chi connectivity index (χ0v) is 12.9. The van der Waals surface area contributed by atoms with Crippen LogP contribution in [0, 0.1) is 17.0 Å². The molecule has 6 heteroatoms. The fourth-order valence-electron chi connectivity index (χ4n) is 1.78. The van der Waals surface area contributed by atoms with Gasteiger partial charge in [-0.3, -0.25) is 10.1 Å². The maximum absolute atomic E-state index is 11.1. The third-order valence-corrected chi connectivity index (χ3v) is 3.55. The molecule has 0 spiro atoms. The van der Waals surface area contributed by atoms with Crippen molar-refractivity contribution in [3.8, 4) is 11.5 Å². The zero-order valence-electron chi connectivity index (χ0n) is 10.6. The topological polar surface area (TPSA) is 52.4 Å². The lowest BCUT2D eigenvalue weighted by molar-refractivity contribution is -0.385. The molecular formula is C14H11BrClNO3. The van der Waals surface area contributed by atoms with E-state index in [0.717, 1.165) is 10.0 Å². The molecule has 2 rings (SSSR count). The van der Waals surface area contributed by atoms with Crippen LogP contribution in [-0.4, -0.2) is 4.92 Å². The van der Waals surface area contributed by atoms with E-state index in [9.17, 15) is 10.1 Å². The molecule has 20 heavy (non-hydrogen) atoms. The van der Waals surface area contributed by atoms with Crippen molar-refractivity contribution in [2.24, 2.45) is 0 Å². The Morgan fingerprint density at radius 3 is 2.75 bits per heavy atom. The first-order valence-electron chi connectivity index (χ1n) is 5.79. The van der Waals surface area contributed by atoms with E-state index in [0.29, 0.717) is 11.3 Å². The van der Waals surface area contributed by atoms with E-state index >= 15 is 0 Å². The van der Waals surface area contributed by atoms with Crippen LogP contribution >= 0.6 is 27.5 Å². The molecule has 0 saturated heterocycles. The van der Waals surface area contributed by atoms with Crippen molar-refractivity contribution in [1.29, 1.82) is 0 Å². The van der Waals surface area contributed by atoms with Crippen LogP contribution < -0.4 is 4.74 Å². The highest BCUT2D eigenvalue weighted by Crippen LogP contribution is 2.36. The molecule has 2 aromatic rings. The van der Waals surface area contributed by atoms with Gasteiger partial charge in [-0.15, -0.1) is 11.6 Å². The molecule has 2 aromatic carbocycles. The predicted octanol–water partition coefficient (Wildman–Crippen LogP) is 5.20. The van der Waals surface area contributed by atoms with E-state index in [-0.39, 0.29) is 17.3 Å². The monoisotopic (exact) mass is 355 g/mol. The minimum absolute atomic E-state index is 0.0616. The van der Waals surface area contributed by atoms with Crippen molar-refractivity contribution in [2.45, 2.75) is 12.8 Å². The van der Waals surface area contributed by atoms with Crippen LogP contribution in [0.2, 0.25) is 0 Å². The van der Waals surface area contributed by atoms with E-state index in [2.05, 4.69) is 15.9 Å². The Labute approximate surface area is 129 Å². The van der Waals surface area contributed by atoms with Crippen molar-refractivity contribution in [3.05, 3.63) is 62.1 Å². The summed E-state index contributed by atoms with van der Waals surface area (Å²) < 4.78 is 6.61. The van der Waals surface area contributed by atoms with E-state index in [4.69, 9.17) is 16.3 Å². The molecule has 0 aliphatic carbocycles. The number of para-hydroxylation sites is 1. The number of alkyl halides is 1. The molecule has 0 atom stereocenters. The maximum atomic E-state index is 11.1. The summed E-state index contributed by atoms with van der Waals surface area (Å²) in [6.45, 7) is 1.77. The molecule has 0 fully saturated rings. The summed E-state index contributed by atoms with van der Waals surface area (Å²) in [6.07, 6.45) is 0. The predicted molar refractivity (Wildman–Crippen MR) is 81.6 cm³/mol. The molecule has 0 bridgehead atoms. The summed E-state index contributed by atoms with van der Waals surface area (Å²) in [5, 5.41) is 11.1. The highest BCUT2D eigenvalue weighted by molar-refractivity contribution is 9.10. The van der Waals surface area contributed by atoms with Gasteiger partial charge in [0.25, 0.3) is 0 Å². The van der Waals surface area contributed by atoms with Crippen LogP contribution in [0.5, 0.6) is 11.5 Å². The number of nitro benzene ring substituents is 1. The lowest BCUT2D eigenvalue weighted by atomic mass is 10.2. The number of nitro groups is 1. The normalized spacial score (nSPS) is 10.3. The van der Waals surface area contributed by atoms with Crippen LogP contribution in [0.1, 0.15) is 11.1 Å². The van der Waals surface area contributed by atoms with Gasteiger partial charge >= 0.3 is 5.69 Å². The number of hydrogen-bond acceptors (Lipinski definition) is 3. The molecule has 0 radical (unpaired) electrons. The lowest BCUT2D eigenvalue weighted by Gasteiger charge is -2.12. The number of hydrogen-bond donors (Lipinski definition) is 0. The maximum Gasteiger partial charge on any atom is 0.311 e. The number of benzene rings is 2. The fraction of sp³-hybridized carbons (Fsp3) is 0.143. The van der Waals surface area contributed by atoms with Gasteiger partial charge in [0.05, 0.1) is 10.8 Å². The molecule has 0 aromatic heterocycles. The van der Waals surface area contributed by atoms with Gasteiger partial charge in [-0.1, -0.05) is 28.1 Å². The van der Waals surface area contributed by atoms with Gasteiger partial charge in [-0.25, -0.2) is 0 Å². The Bertz CT molecular complexity index is 661. The Balaban J connectivity index is 2.47. The van der Waals surface area contributed by atoms with Crippen LogP contribution in [0.15, 0.2) is 40.9 Å². The molecule has 104 valence electrons. The van der Waals surface area contributed by atoms with E-state index in [1.54, 1.807) is 31.2 Å². The van der Waals surface area contributed by atoms with Crippen LogP contribution in [0.4, 0.5) is 5.69 Å². The highest BCUT2D eigenvalue weighted by atomic mass is 79.9. The minimum Gasteiger partial charge on any atom is -0.450 e. The van der Waals surface area contributed by atoms with Gasteiger partial charge in [-0.2, -0.15) is 0 Å². The molecule has 0 N–H and O–H groups in total. The van der Waals surface area contributed by atoms with Crippen molar-refractivity contribution >= 4 is 33.2 Å². The van der Waals surface area contributed by atoms with Gasteiger partial charge < -0.3 is 4.74 Å². The summed E-state index contributed by atoms with van der Waals surface area (Å²) in [4.78, 5) is 10.6. The average molecular weight is 357 g/mol. The van der Waals surface area contributed by atoms with Gasteiger partial charge in [0.15, 0.2) is 0 Å². The molecule has 0 unspecified atom stereocenters. The van der Waals surface area contributed by atoms with Crippen LogP contribution in [-0.2, 0) is 5.88 Å². The van der Waals surface area contributed by atoms with E-state index < -0.39 is 4.92 Å². The first kappa shape index (κ1) is 14.8. The minimum atomic E-state index is -0.457. The highest BCUT2D eigenvalue weighted by Gasteiger charge is 2.18. The lowest BCUT2D eigenvalue weighted by Crippen LogP contribution is -1.97. The van der Waals surface area contributed by atoms with E-state index in [1.807, 2.05) is 6.07 Å². The summed E-state index contributed by atoms with van der Waals surface area (Å²) >= 11 is 9.23. The molecule has 0 aliphatic heterocycles. The summed E-state index contributed by atoms with van der Waals surface area (Å²) in [5.41, 5.74) is 1.40. The molecule has 0 aliphatic rings. The number of ether oxygens (including phenoxy) is 1. The largest absolute Gasteiger partial charge is 0.450 e. The molecule has 0 heterocycles. The standard InChI is InChI=1S/C14H11BrClNO3/c1-9-3-2-4-12(17(18)19)14(9)20-13-6-5-11(15)7-10(13)8-16/h2-7H,8H2,1H3. The van der Waals surface area contributed by atoms with Gasteiger partial charge in [0.1, 0.15) is 5.75 Å². The molecule has 4 nitrogen and oxygen atoms in total. The Kier molecular flexibility index (Phi) is 4.62. The molecule has 0 amide bonds. The SMILES string of the molecule is Cc1cccc([N+](=O)[O-])c1Oc1ccc(Br)cc1CCl. The van der Waals surface area contributed by atoms with Gasteiger partial charge in [-0.05, 0) is 30.7 Å². The third kappa shape index (κ3) is 3.11. The second kappa shape index (κ2) is 6.24. The van der Waals surface area contributed by atoms with Crippen LogP contribution in [0.3, 0.4) is 0 Å². The van der Waals surface area contributed by atoms with Crippen molar-refractivity contribution in [3.63, 3.8) is 0 Å². The third-order valence-electron chi connectivity index (χ3n) is 2.77. The van der Waals surface area contributed by atoms with Crippen LogP contribution in [0.25, 0.3) is 0 Å². The van der Waals surface area contributed by atoms with E-state index in [1.165, 1.54) is 6.07 Å². The Hall–Kier alpha value is -1.59. The number of nitrogens with zero attached hydrogens (tertiary/aromatic N) is 1. The second-order valence-electron chi connectivity index (χ2n) is 4.17. The second-order valence-corrected chi connectivity index (χ2v) is 5.35. The number of aryl methyl sites for hydroxylation is 1.